The smallest absolute Gasteiger partial charge is 0.339 e. The van der Waals surface area contributed by atoms with Gasteiger partial charge in [-0.05, 0) is 49.1 Å². The SMILES string of the molecule is COc1ccc(C(=O)Nc2cnc(N3CCCC(C)C3)c(C(=O)O)c2)cc1. The van der Waals surface area contributed by atoms with Crippen LogP contribution in [0.1, 0.15) is 40.5 Å². The lowest BCUT2D eigenvalue weighted by Gasteiger charge is -2.32. The standard InChI is InChI=1S/C20H23N3O4/c1-13-4-3-9-23(12-13)18-17(20(25)26)10-15(11-21-18)22-19(24)14-5-7-16(27-2)8-6-14/h5-8,10-11,13H,3-4,9,12H2,1-2H3,(H,22,24)(H,25,26). The van der Waals surface area contributed by atoms with Crippen LogP contribution in [0.25, 0.3) is 0 Å². The highest BCUT2D eigenvalue weighted by molar-refractivity contribution is 6.05. The van der Waals surface area contributed by atoms with E-state index >= 15 is 0 Å². The third kappa shape index (κ3) is 4.36. The van der Waals surface area contributed by atoms with Gasteiger partial charge in [-0.15, -0.1) is 0 Å². The van der Waals surface area contributed by atoms with Gasteiger partial charge in [0.2, 0.25) is 0 Å². The van der Waals surface area contributed by atoms with E-state index in [1.165, 1.54) is 12.3 Å². The van der Waals surface area contributed by atoms with Crippen molar-refractivity contribution >= 4 is 23.4 Å². The number of pyridine rings is 1. The Bertz CT molecular complexity index is 836. The number of nitrogens with zero attached hydrogens (tertiary/aromatic N) is 2. The number of methoxy groups -OCH3 is 1. The Kier molecular flexibility index (Phi) is 5.59. The van der Waals surface area contributed by atoms with Crippen molar-refractivity contribution in [2.24, 2.45) is 5.92 Å². The molecule has 1 aliphatic heterocycles. The van der Waals surface area contributed by atoms with Gasteiger partial charge in [-0.2, -0.15) is 0 Å². The third-order valence-corrected chi connectivity index (χ3v) is 4.66. The number of nitrogens with one attached hydrogen (secondary N) is 1. The number of aromatic nitrogens is 1. The Morgan fingerprint density at radius 2 is 2.04 bits per heavy atom. The zero-order chi connectivity index (χ0) is 19.4. The van der Waals surface area contributed by atoms with Crippen molar-refractivity contribution in [3.8, 4) is 5.75 Å². The lowest BCUT2D eigenvalue weighted by atomic mass is 10.00. The molecule has 1 amide bonds. The van der Waals surface area contributed by atoms with Gasteiger partial charge >= 0.3 is 5.97 Å². The van der Waals surface area contributed by atoms with Gasteiger partial charge in [0.1, 0.15) is 17.1 Å². The van der Waals surface area contributed by atoms with Crippen LogP contribution in [0.2, 0.25) is 0 Å². The van der Waals surface area contributed by atoms with Crippen molar-refractivity contribution in [3.63, 3.8) is 0 Å². The van der Waals surface area contributed by atoms with Gasteiger partial charge in [-0.25, -0.2) is 9.78 Å². The van der Waals surface area contributed by atoms with E-state index in [0.717, 1.165) is 25.9 Å². The first-order chi connectivity index (χ1) is 13.0. The van der Waals surface area contributed by atoms with E-state index in [1.807, 2.05) is 4.90 Å². The molecule has 142 valence electrons. The predicted molar refractivity (Wildman–Crippen MR) is 103 cm³/mol. The molecule has 2 heterocycles. The number of anilines is 2. The second kappa shape index (κ2) is 8.07. The highest BCUT2D eigenvalue weighted by atomic mass is 16.5. The van der Waals surface area contributed by atoms with Crippen LogP contribution in [0.3, 0.4) is 0 Å². The molecular formula is C20H23N3O4. The number of rotatable bonds is 5. The minimum absolute atomic E-state index is 0.0941. The number of hydrogen-bond acceptors (Lipinski definition) is 5. The Labute approximate surface area is 158 Å². The average Bonchev–Trinajstić information content (AvgIpc) is 2.68. The van der Waals surface area contributed by atoms with Gasteiger partial charge in [0.15, 0.2) is 0 Å². The van der Waals surface area contributed by atoms with Crippen LogP contribution < -0.4 is 15.0 Å². The van der Waals surface area contributed by atoms with Crippen molar-refractivity contribution in [2.45, 2.75) is 19.8 Å². The molecule has 2 aromatic rings. The van der Waals surface area contributed by atoms with Gasteiger partial charge < -0.3 is 20.1 Å². The lowest BCUT2D eigenvalue weighted by molar-refractivity contribution is 0.0696. The normalized spacial score (nSPS) is 16.7. The monoisotopic (exact) mass is 369 g/mol. The lowest BCUT2D eigenvalue weighted by Crippen LogP contribution is -2.36. The largest absolute Gasteiger partial charge is 0.497 e. The molecule has 1 unspecified atom stereocenters. The van der Waals surface area contributed by atoms with Gasteiger partial charge in [0.25, 0.3) is 5.91 Å². The minimum atomic E-state index is -1.06. The maximum Gasteiger partial charge on any atom is 0.339 e. The maximum absolute atomic E-state index is 12.4. The summed E-state index contributed by atoms with van der Waals surface area (Å²) in [6.45, 7) is 3.72. The minimum Gasteiger partial charge on any atom is -0.497 e. The first kappa shape index (κ1) is 18.7. The van der Waals surface area contributed by atoms with Crippen LogP contribution in [-0.4, -0.2) is 42.2 Å². The molecule has 7 heteroatoms. The second-order valence-corrected chi connectivity index (χ2v) is 6.78. The molecule has 1 aromatic carbocycles. The number of aromatic carboxylic acids is 1. The van der Waals surface area contributed by atoms with Gasteiger partial charge in [-0.3, -0.25) is 4.79 Å². The highest BCUT2D eigenvalue weighted by Gasteiger charge is 2.23. The summed E-state index contributed by atoms with van der Waals surface area (Å²) in [5, 5.41) is 12.3. The molecular weight excluding hydrogens is 346 g/mol. The van der Waals surface area contributed by atoms with E-state index in [-0.39, 0.29) is 11.5 Å². The molecule has 0 saturated carbocycles. The zero-order valence-electron chi connectivity index (χ0n) is 15.4. The molecule has 0 radical (unpaired) electrons. The Hall–Kier alpha value is -3.09. The number of carbonyl (C=O) groups is 2. The maximum atomic E-state index is 12.4. The molecule has 0 bridgehead atoms. The van der Waals surface area contributed by atoms with Crippen LogP contribution in [-0.2, 0) is 0 Å². The number of ether oxygens (including phenoxy) is 1. The van der Waals surface area contributed by atoms with E-state index < -0.39 is 5.97 Å². The zero-order valence-corrected chi connectivity index (χ0v) is 15.4. The molecule has 2 N–H and O–H groups in total. The van der Waals surface area contributed by atoms with E-state index in [0.29, 0.717) is 28.7 Å². The average molecular weight is 369 g/mol. The van der Waals surface area contributed by atoms with E-state index in [2.05, 4.69) is 17.2 Å². The van der Waals surface area contributed by atoms with E-state index in [4.69, 9.17) is 4.74 Å². The molecule has 0 spiro atoms. The summed E-state index contributed by atoms with van der Waals surface area (Å²) >= 11 is 0. The molecule has 1 aliphatic rings. The van der Waals surface area contributed by atoms with Crippen molar-refractivity contribution in [1.82, 2.24) is 4.98 Å². The van der Waals surface area contributed by atoms with Crippen molar-refractivity contribution in [2.75, 3.05) is 30.4 Å². The first-order valence-corrected chi connectivity index (χ1v) is 8.91. The fraction of sp³-hybridized carbons (Fsp3) is 0.350. The Balaban J connectivity index is 1.80. The molecule has 1 fully saturated rings. The highest BCUT2D eigenvalue weighted by Crippen LogP contribution is 2.26. The summed E-state index contributed by atoms with van der Waals surface area (Å²) in [7, 11) is 1.55. The fourth-order valence-corrected chi connectivity index (χ4v) is 3.26. The summed E-state index contributed by atoms with van der Waals surface area (Å²) < 4.78 is 5.08. The number of hydrogen-bond donors (Lipinski definition) is 2. The quantitative estimate of drug-likeness (QED) is 0.840. The van der Waals surface area contributed by atoms with E-state index in [1.54, 1.807) is 31.4 Å². The molecule has 1 aromatic heterocycles. The first-order valence-electron chi connectivity index (χ1n) is 8.91. The summed E-state index contributed by atoms with van der Waals surface area (Å²) in [5.41, 5.74) is 0.889. The molecule has 0 aliphatic carbocycles. The fourth-order valence-electron chi connectivity index (χ4n) is 3.26. The Morgan fingerprint density at radius 1 is 1.30 bits per heavy atom. The van der Waals surface area contributed by atoms with Crippen molar-refractivity contribution in [3.05, 3.63) is 47.7 Å². The van der Waals surface area contributed by atoms with Crippen molar-refractivity contribution in [1.29, 1.82) is 0 Å². The topological polar surface area (TPSA) is 91.8 Å². The summed E-state index contributed by atoms with van der Waals surface area (Å²) in [6, 6.07) is 8.13. The molecule has 1 saturated heterocycles. The third-order valence-electron chi connectivity index (χ3n) is 4.66. The summed E-state index contributed by atoms with van der Waals surface area (Å²) in [5.74, 6) is 0.209. The van der Waals surface area contributed by atoms with E-state index in [9.17, 15) is 14.7 Å². The van der Waals surface area contributed by atoms with Crippen LogP contribution in [0.15, 0.2) is 36.5 Å². The number of carboxylic acid groups (broad SMARTS) is 1. The van der Waals surface area contributed by atoms with Gasteiger partial charge in [-0.1, -0.05) is 6.92 Å². The van der Waals surface area contributed by atoms with Crippen LogP contribution >= 0.6 is 0 Å². The van der Waals surface area contributed by atoms with Crippen molar-refractivity contribution < 1.29 is 19.4 Å². The van der Waals surface area contributed by atoms with Crippen LogP contribution in [0.4, 0.5) is 11.5 Å². The molecule has 7 nitrogen and oxygen atoms in total. The van der Waals surface area contributed by atoms with Gasteiger partial charge in [0.05, 0.1) is 19.0 Å². The van der Waals surface area contributed by atoms with Crippen LogP contribution in [0, 0.1) is 5.92 Å². The number of amides is 1. The second-order valence-electron chi connectivity index (χ2n) is 6.78. The molecule has 1 atom stereocenters. The molecule has 3 rings (SSSR count). The number of carboxylic acids is 1. The number of benzene rings is 1. The predicted octanol–water partition coefficient (Wildman–Crippen LogP) is 3.28. The number of carbonyl (C=O) groups excluding carboxylic acids is 1. The summed E-state index contributed by atoms with van der Waals surface area (Å²) in [4.78, 5) is 30.5. The van der Waals surface area contributed by atoms with Crippen LogP contribution in [0.5, 0.6) is 5.75 Å². The Morgan fingerprint density at radius 3 is 2.67 bits per heavy atom. The van der Waals surface area contributed by atoms with Gasteiger partial charge in [0, 0.05) is 18.7 Å². The number of piperidine rings is 1. The summed E-state index contributed by atoms with van der Waals surface area (Å²) in [6.07, 6.45) is 3.65. The molecule has 27 heavy (non-hydrogen) atoms.